The number of aromatic nitrogens is 2. The van der Waals surface area contributed by atoms with Gasteiger partial charge in [0.15, 0.2) is 0 Å². The van der Waals surface area contributed by atoms with E-state index in [1.165, 1.54) is 12.7 Å². The highest BCUT2D eigenvalue weighted by Gasteiger charge is 2.19. The van der Waals surface area contributed by atoms with Gasteiger partial charge in [0.25, 0.3) is 5.91 Å². The van der Waals surface area contributed by atoms with Gasteiger partial charge in [-0.05, 0) is 56.9 Å². The second-order valence-electron chi connectivity index (χ2n) is 7.10. The number of anilines is 2. The van der Waals surface area contributed by atoms with Crippen LogP contribution < -0.4 is 15.0 Å². The molecule has 6 heteroatoms. The van der Waals surface area contributed by atoms with E-state index in [-0.39, 0.29) is 12.0 Å². The number of ether oxygens (including phenoxy) is 1. The highest BCUT2D eigenvalue weighted by Crippen LogP contribution is 2.22. The molecule has 0 spiro atoms. The van der Waals surface area contributed by atoms with Crippen molar-refractivity contribution < 1.29 is 9.53 Å². The van der Waals surface area contributed by atoms with Crippen molar-refractivity contribution in [2.24, 2.45) is 5.92 Å². The molecule has 0 bridgehead atoms. The molecule has 1 N–H and O–H groups in total. The lowest BCUT2D eigenvalue weighted by molar-refractivity contribution is 0.102. The average Bonchev–Trinajstić information content (AvgIpc) is 2.63. The monoisotopic (exact) mass is 354 g/mol. The Morgan fingerprint density at radius 3 is 2.73 bits per heavy atom. The number of hydrogen-bond donors (Lipinski definition) is 1. The van der Waals surface area contributed by atoms with Crippen LogP contribution in [0, 0.1) is 5.92 Å². The third kappa shape index (κ3) is 4.71. The topological polar surface area (TPSA) is 67.4 Å². The van der Waals surface area contributed by atoms with Gasteiger partial charge in [-0.2, -0.15) is 0 Å². The zero-order valence-electron chi connectivity index (χ0n) is 15.6. The molecule has 1 saturated heterocycles. The molecular weight excluding hydrogens is 328 g/mol. The molecule has 1 aliphatic heterocycles. The van der Waals surface area contributed by atoms with Gasteiger partial charge >= 0.3 is 0 Å². The van der Waals surface area contributed by atoms with E-state index in [4.69, 9.17) is 4.74 Å². The molecule has 1 aromatic carbocycles. The van der Waals surface area contributed by atoms with Crippen LogP contribution in [-0.2, 0) is 0 Å². The first-order valence-corrected chi connectivity index (χ1v) is 9.16. The summed E-state index contributed by atoms with van der Waals surface area (Å²) in [6.45, 7) is 8.14. The minimum absolute atomic E-state index is 0.118. The lowest BCUT2D eigenvalue weighted by atomic mass is 10.0. The van der Waals surface area contributed by atoms with E-state index >= 15 is 0 Å². The van der Waals surface area contributed by atoms with E-state index < -0.39 is 0 Å². The maximum Gasteiger partial charge on any atom is 0.274 e. The summed E-state index contributed by atoms with van der Waals surface area (Å²) in [6, 6.07) is 9.10. The number of nitrogens with one attached hydrogen (secondary N) is 1. The van der Waals surface area contributed by atoms with E-state index in [2.05, 4.69) is 27.1 Å². The first kappa shape index (κ1) is 18.2. The number of carbonyl (C=O) groups is 1. The number of rotatable bonds is 5. The van der Waals surface area contributed by atoms with Crippen LogP contribution in [0.4, 0.5) is 11.5 Å². The number of carbonyl (C=O) groups excluding carboxylic acids is 1. The maximum absolute atomic E-state index is 12.5. The Kier molecular flexibility index (Phi) is 5.71. The Bertz CT molecular complexity index is 746. The molecule has 0 aliphatic carbocycles. The minimum atomic E-state index is -0.240. The molecule has 1 aromatic heterocycles. The van der Waals surface area contributed by atoms with Gasteiger partial charge < -0.3 is 15.0 Å². The van der Waals surface area contributed by atoms with Crippen LogP contribution in [0.25, 0.3) is 0 Å². The van der Waals surface area contributed by atoms with Gasteiger partial charge in [0.1, 0.15) is 23.6 Å². The molecule has 2 heterocycles. The summed E-state index contributed by atoms with van der Waals surface area (Å²) in [5.41, 5.74) is 1.08. The van der Waals surface area contributed by atoms with E-state index in [0.29, 0.717) is 17.3 Å². The molecule has 6 nitrogen and oxygen atoms in total. The van der Waals surface area contributed by atoms with Crippen LogP contribution in [0.3, 0.4) is 0 Å². The van der Waals surface area contributed by atoms with Gasteiger partial charge in [0.2, 0.25) is 0 Å². The number of benzene rings is 1. The summed E-state index contributed by atoms with van der Waals surface area (Å²) in [6.07, 6.45) is 3.97. The molecule has 1 aliphatic rings. The fourth-order valence-electron chi connectivity index (χ4n) is 3.13. The minimum Gasteiger partial charge on any atom is -0.491 e. The fourth-order valence-corrected chi connectivity index (χ4v) is 3.13. The van der Waals surface area contributed by atoms with Gasteiger partial charge in [0.05, 0.1) is 6.10 Å². The maximum atomic E-state index is 12.5. The van der Waals surface area contributed by atoms with Gasteiger partial charge in [-0.1, -0.05) is 6.92 Å². The smallest absolute Gasteiger partial charge is 0.274 e. The van der Waals surface area contributed by atoms with Crippen molar-refractivity contribution in [2.75, 3.05) is 23.3 Å². The Morgan fingerprint density at radius 2 is 2.04 bits per heavy atom. The summed E-state index contributed by atoms with van der Waals surface area (Å²) < 4.78 is 5.61. The number of hydrogen-bond acceptors (Lipinski definition) is 5. The zero-order valence-corrected chi connectivity index (χ0v) is 15.6. The summed E-state index contributed by atoms with van der Waals surface area (Å²) in [7, 11) is 0. The second-order valence-corrected chi connectivity index (χ2v) is 7.10. The van der Waals surface area contributed by atoms with Crippen molar-refractivity contribution in [2.45, 2.75) is 39.7 Å². The average molecular weight is 354 g/mol. The Balaban J connectivity index is 1.67. The zero-order chi connectivity index (χ0) is 18.5. The quantitative estimate of drug-likeness (QED) is 0.886. The molecule has 1 atom stereocenters. The molecular formula is C20H26N4O2. The molecule has 0 radical (unpaired) electrons. The molecule has 0 saturated carbocycles. The van der Waals surface area contributed by atoms with Crippen LogP contribution in [0.1, 0.15) is 44.1 Å². The van der Waals surface area contributed by atoms with Gasteiger partial charge in [-0.25, -0.2) is 9.97 Å². The molecule has 1 fully saturated rings. The SMILES string of the molecule is CC1CCCN(c2cc(C(=O)Nc3ccc(OC(C)C)cc3)ncn2)C1. The van der Waals surface area contributed by atoms with E-state index in [9.17, 15) is 4.79 Å². The highest BCUT2D eigenvalue weighted by atomic mass is 16.5. The van der Waals surface area contributed by atoms with Crippen molar-refractivity contribution in [1.29, 1.82) is 0 Å². The Hall–Kier alpha value is -2.63. The number of piperidine rings is 1. The number of amides is 1. The third-order valence-electron chi connectivity index (χ3n) is 4.35. The largest absolute Gasteiger partial charge is 0.491 e. The molecule has 138 valence electrons. The van der Waals surface area contributed by atoms with E-state index in [1.807, 2.05) is 38.1 Å². The number of nitrogens with zero attached hydrogens (tertiary/aromatic N) is 3. The van der Waals surface area contributed by atoms with E-state index in [1.54, 1.807) is 6.07 Å². The molecule has 1 amide bonds. The lowest BCUT2D eigenvalue weighted by Crippen LogP contribution is -2.35. The van der Waals surface area contributed by atoms with Crippen LogP contribution in [0.5, 0.6) is 5.75 Å². The molecule has 1 unspecified atom stereocenters. The second kappa shape index (κ2) is 8.17. The standard InChI is InChI=1S/C20H26N4O2/c1-14(2)26-17-8-6-16(7-9-17)23-20(25)18-11-19(22-13-21-18)24-10-4-5-15(3)12-24/h6-9,11,13-15H,4-5,10,12H2,1-3H3,(H,23,25). The van der Waals surface area contributed by atoms with Crippen LogP contribution in [0.15, 0.2) is 36.7 Å². The third-order valence-corrected chi connectivity index (χ3v) is 4.35. The first-order valence-electron chi connectivity index (χ1n) is 9.16. The normalized spacial score (nSPS) is 17.2. The Morgan fingerprint density at radius 1 is 1.27 bits per heavy atom. The predicted molar refractivity (Wildman–Crippen MR) is 103 cm³/mol. The van der Waals surface area contributed by atoms with Gasteiger partial charge in [0, 0.05) is 24.8 Å². The van der Waals surface area contributed by atoms with Crippen LogP contribution in [-0.4, -0.2) is 35.1 Å². The van der Waals surface area contributed by atoms with Gasteiger partial charge in [-0.3, -0.25) is 4.79 Å². The van der Waals surface area contributed by atoms with Crippen LogP contribution >= 0.6 is 0 Å². The van der Waals surface area contributed by atoms with Crippen molar-refractivity contribution in [1.82, 2.24) is 9.97 Å². The first-order chi connectivity index (χ1) is 12.5. The highest BCUT2D eigenvalue weighted by molar-refractivity contribution is 6.03. The summed E-state index contributed by atoms with van der Waals surface area (Å²) in [5, 5.41) is 2.87. The van der Waals surface area contributed by atoms with Crippen molar-refractivity contribution in [3.05, 3.63) is 42.4 Å². The van der Waals surface area contributed by atoms with Crippen LogP contribution in [0.2, 0.25) is 0 Å². The summed E-state index contributed by atoms with van der Waals surface area (Å²) in [4.78, 5) is 23.2. The van der Waals surface area contributed by atoms with Gasteiger partial charge in [-0.15, -0.1) is 0 Å². The predicted octanol–water partition coefficient (Wildman–Crippen LogP) is 3.75. The summed E-state index contributed by atoms with van der Waals surface area (Å²) in [5.74, 6) is 2.00. The van der Waals surface area contributed by atoms with Crippen molar-refractivity contribution >= 4 is 17.4 Å². The molecule has 2 aromatic rings. The lowest BCUT2D eigenvalue weighted by Gasteiger charge is -2.31. The van der Waals surface area contributed by atoms with E-state index in [0.717, 1.165) is 31.1 Å². The van der Waals surface area contributed by atoms with Crippen molar-refractivity contribution in [3.8, 4) is 5.75 Å². The van der Waals surface area contributed by atoms with Crippen molar-refractivity contribution in [3.63, 3.8) is 0 Å². The summed E-state index contributed by atoms with van der Waals surface area (Å²) >= 11 is 0. The molecule has 26 heavy (non-hydrogen) atoms. The molecule has 3 rings (SSSR count). The fraction of sp³-hybridized carbons (Fsp3) is 0.450. The Labute approximate surface area is 154 Å².